The number of imidazole rings is 1. The number of nitrogens with zero attached hydrogens (tertiary/aromatic N) is 2. The van der Waals surface area contributed by atoms with Gasteiger partial charge in [-0.05, 0) is 61.4 Å². The molecule has 29 heavy (non-hydrogen) atoms. The van der Waals surface area contributed by atoms with Crippen molar-refractivity contribution in [2.45, 2.75) is 31.4 Å². The van der Waals surface area contributed by atoms with Gasteiger partial charge >= 0.3 is 0 Å². The van der Waals surface area contributed by atoms with Gasteiger partial charge in [0.25, 0.3) is 0 Å². The number of aromatic amines is 2. The lowest BCUT2D eigenvalue weighted by Gasteiger charge is -2.26. The number of rotatable bonds is 5. The Morgan fingerprint density at radius 2 is 2.00 bits per heavy atom. The smallest absolute Gasteiger partial charge is 0.129 e. The maximum Gasteiger partial charge on any atom is 0.129 e. The molecule has 1 aliphatic heterocycles. The normalized spacial score (nSPS) is 21.7. The Bertz CT molecular complexity index is 1120. The van der Waals surface area contributed by atoms with Crippen LogP contribution in [0.1, 0.15) is 19.2 Å². The second kappa shape index (κ2) is 7.02. The molecule has 5 rings (SSSR count). The second-order valence-corrected chi connectivity index (χ2v) is 7.69. The third-order valence-corrected chi connectivity index (χ3v) is 5.57. The van der Waals surface area contributed by atoms with Crippen LogP contribution in [-0.4, -0.2) is 38.4 Å². The molecule has 0 spiro atoms. The first-order valence-electron chi connectivity index (χ1n) is 9.75. The first-order chi connectivity index (χ1) is 14.1. The molecule has 1 fully saturated rings. The van der Waals surface area contributed by atoms with Crippen molar-refractivity contribution >= 4 is 11.0 Å². The topological polar surface area (TPSA) is 102 Å². The Morgan fingerprint density at radius 3 is 2.72 bits per heavy atom. The van der Waals surface area contributed by atoms with E-state index in [9.17, 15) is 0 Å². The van der Waals surface area contributed by atoms with Crippen molar-refractivity contribution in [1.29, 1.82) is 0 Å². The van der Waals surface area contributed by atoms with Crippen molar-refractivity contribution in [2.24, 2.45) is 5.73 Å². The Morgan fingerprint density at radius 1 is 1.17 bits per heavy atom. The van der Waals surface area contributed by atoms with Crippen molar-refractivity contribution in [3.63, 3.8) is 0 Å². The van der Waals surface area contributed by atoms with Crippen LogP contribution in [0.25, 0.3) is 22.3 Å². The minimum atomic E-state index is -0.371. The van der Waals surface area contributed by atoms with Gasteiger partial charge in [-0.25, -0.2) is 4.98 Å². The van der Waals surface area contributed by atoms with E-state index in [2.05, 4.69) is 22.1 Å². The molecule has 0 aliphatic carbocycles. The maximum atomic E-state index is 6.21. The molecule has 4 N–H and O–H groups in total. The van der Waals surface area contributed by atoms with Crippen LogP contribution in [0.15, 0.2) is 54.7 Å². The summed E-state index contributed by atoms with van der Waals surface area (Å²) in [6, 6.07) is 15.7. The van der Waals surface area contributed by atoms with E-state index in [-0.39, 0.29) is 11.6 Å². The fourth-order valence-corrected chi connectivity index (χ4v) is 3.79. The number of aromatic nitrogens is 4. The second-order valence-electron chi connectivity index (χ2n) is 7.69. The van der Waals surface area contributed by atoms with Crippen LogP contribution < -0.4 is 10.5 Å². The van der Waals surface area contributed by atoms with Gasteiger partial charge in [-0.15, -0.1) is 0 Å². The lowest BCUT2D eigenvalue weighted by atomic mass is 9.93. The Labute approximate surface area is 168 Å². The minimum Gasteiger partial charge on any atom is -0.457 e. The average Bonchev–Trinajstić information content (AvgIpc) is 3.44. The van der Waals surface area contributed by atoms with Gasteiger partial charge in [0.05, 0.1) is 22.3 Å². The van der Waals surface area contributed by atoms with E-state index in [1.165, 1.54) is 0 Å². The summed E-state index contributed by atoms with van der Waals surface area (Å²) in [5.41, 5.74) is 9.71. The summed E-state index contributed by atoms with van der Waals surface area (Å²) in [6.45, 7) is 2.76. The highest BCUT2D eigenvalue weighted by Crippen LogP contribution is 2.30. The molecule has 0 radical (unpaired) electrons. The van der Waals surface area contributed by atoms with E-state index < -0.39 is 0 Å². The largest absolute Gasteiger partial charge is 0.457 e. The number of hydrogen-bond acceptors (Lipinski definition) is 5. The standard InChI is InChI=1S/C22H23N5O2/c1-22(20(23)9-11-28-22)13-21-25-18-7-6-16(12-19(18)26-21)29-15-4-2-14(3-5-15)17-8-10-24-27-17/h2-8,10,12,20H,9,11,13,23H2,1H3,(H,24,27)(H,25,26)/t20?,22-/m0/s1. The number of benzene rings is 2. The van der Waals surface area contributed by atoms with Crippen molar-refractivity contribution < 1.29 is 9.47 Å². The quantitative estimate of drug-likeness (QED) is 0.482. The highest BCUT2D eigenvalue weighted by atomic mass is 16.5. The summed E-state index contributed by atoms with van der Waals surface area (Å²) in [5, 5.41) is 6.94. The third-order valence-electron chi connectivity index (χ3n) is 5.57. The number of hydrogen-bond donors (Lipinski definition) is 3. The van der Waals surface area contributed by atoms with Crippen LogP contribution in [0.3, 0.4) is 0 Å². The van der Waals surface area contributed by atoms with Crippen LogP contribution in [0.5, 0.6) is 11.5 Å². The van der Waals surface area contributed by atoms with Gasteiger partial charge in [0.15, 0.2) is 0 Å². The van der Waals surface area contributed by atoms with Crippen LogP contribution in [0.4, 0.5) is 0 Å². The highest BCUT2D eigenvalue weighted by Gasteiger charge is 2.38. The molecule has 0 amide bonds. The fraction of sp³-hybridized carbons (Fsp3) is 0.273. The van der Waals surface area contributed by atoms with E-state index in [1.807, 2.05) is 48.5 Å². The lowest BCUT2D eigenvalue weighted by molar-refractivity contribution is 0.0109. The zero-order chi connectivity index (χ0) is 19.8. The van der Waals surface area contributed by atoms with Crippen LogP contribution >= 0.6 is 0 Å². The molecule has 3 heterocycles. The van der Waals surface area contributed by atoms with Gasteiger partial charge in [-0.3, -0.25) is 5.10 Å². The molecule has 0 saturated carbocycles. The van der Waals surface area contributed by atoms with Gasteiger partial charge in [-0.2, -0.15) is 5.10 Å². The monoisotopic (exact) mass is 389 g/mol. The predicted octanol–water partition coefficient (Wildman–Crippen LogP) is 3.79. The Kier molecular flexibility index (Phi) is 4.34. The molecule has 2 atom stereocenters. The van der Waals surface area contributed by atoms with Crippen molar-refractivity contribution in [3.8, 4) is 22.8 Å². The van der Waals surface area contributed by atoms with Crippen LogP contribution in [0.2, 0.25) is 0 Å². The predicted molar refractivity (Wildman–Crippen MR) is 111 cm³/mol. The minimum absolute atomic E-state index is 0.0272. The molecule has 7 nitrogen and oxygen atoms in total. The molecule has 1 saturated heterocycles. The molecule has 2 aromatic carbocycles. The number of nitrogens with one attached hydrogen (secondary N) is 2. The molecule has 148 valence electrons. The van der Waals surface area contributed by atoms with Crippen molar-refractivity contribution in [3.05, 3.63) is 60.6 Å². The molecule has 2 aromatic heterocycles. The molecule has 7 heteroatoms. The van der Waals surface area contributed by atoms with Crippen molar-refractivity contribution in [1.82, 2.24) is 20.2 Å². The van der Waals surface area contributed by atoms with Gasteiger partial charge in [-0.1, -0.05) is 0 Å². The zero-order valence-corrected chi connectivity index (χ0v) is 16.2. The Balaban J connectivity index is 1.33. The van der Waals surface area contributed by atoms with Crippen molar-refractivity contribution in [2.75, 3.05) is 6.61 Å². The van der Waals surface area contributed by atoms with E-state index in [0.29, 0.717) is 13.0 Å². The van der Waals surface area contributed by atoms with Gasteiger partial charge in [0.1, 0.15) is 17.3 Å². The zero-order valence-electron chi connectivity index (χ0n) is 16.2. The summed E-state index contributed by atoms with van der Waals surface area (Å²) in [4.78, 5) is 8.09. The first-order valence-corrected chi connectivity index (χ1v) is 9.75. The van der Waals surface area contributed by atoms with E-state index in [4.69, 9.17) is 20.2 Å². The summed E-state index contributed by atoms with van der Waals surface area (Å²) in [7, 11) is 0. The number of fused-ring (bicyclic) bond motifs is 1. The summed E-state index contributed by atoms with van der Waals surface area (Å²) in [6.07, 6.45) is 3.28. The van der Waals surface area contributed by atoms with E-state index in [0.717, 1.165) is 46.0 Å². The maximum absolute atomic E-state index is 6.21. The molecular formula is C22H23N5O2. The van der Waals surface area contributed by atoms with E-state index in [1.54, 1.807) is 6.20 Å². The summed E-state index contributed by atoms with van der Waals surface area (Å²) >= 11 is 0. The SMILES string of the molecule is C[C@@]1(Cc2nc3cc(Oc4ccc(-c5ccn[nH]5)cc4)ccc3[nH]2)OCCC1N. The molecule has 0 bridgehead atoms. The van der Waals surface area contributed by atoms with Gasteiger partial charge in [0, 0.05) is 31.3 Å². The average molecular weight is 389 g/mol. The fourth-order valence-electron chi connectivity index (χ4n) is 3.79. The molecular weight excluding hydrogens is 366 g/mol. The van der Waals surface area contributed by atoms with Gasteiger partial charge in [0.2, 0.25) is 0 Å². The van der Waals surface area contributed by atoms with Crippen LogP contribution in [-0.2, 0) is 11.2 Å². The summed E-state index contributed by atoms with van der Waals surface area (Å²) in [5.74, 6) is 2.38. The summed E-state index contributed by atoms with van der Waals surface area (Å²) < 4.78 is 11.9. The van der Waals surface area contributed by atoms with E-state index >= 15 is 0 Å². The highest BCUT2D eigenvalue weighted by molar-refractivity contribution is 5.77. The molecule has 1 unspecified atom stereocenters. The Hall–Kier alpha value is -3.16. The lowest BCUT2D eigenvalue weighted by Crippen LogP contribution is -2.44. The number of nitrogens with two attached hydrogens (primary N) is 1. The molecule has 4 aromatic rings. The van der Waals surface area contributed by atoms with Crippen LogP contribution in [0, 0.1) is 0 Å². The third kappa shape index (κ3) is 3.50. The van der Waals surface area contributed by atoms with Gasteiger partial charge < -0.3 is 20.2 Å². The first kappa shape index (κ1) is 17.9. The number of ether oxygens (including phenoxy) is 2. The molecule has 1 aliphatic rings. The number of H-pyrrole nitrogens is 2.